The summed E-state index contributed by atoms with van der Waals surface area (Å²) in [5.74, 6) is -0.716. The molecule has 0 spiro atoms. The lowest BCUT2D eigenvalue weighted by Gasteiger charge is -2.22. The van der Waals surface area contributed by atoms with Crippen molar-refractivity contribution in [1.82, 2.24) is 5.32 Å². The highest BCUT2D eigenvalue weighted by Crippen LogP contribution is 2.24. The molecule has 0 saturated heterocycles. The van der Waals surface area contributed by atoms with E-state index < -0.39 is 29.7 Å². The zero-order valence-electron chi connectivity index (χ0n) is 13.2. The number of halogens is 1. The molecule has 0 radical (unpaired) electrons. The molecular weight excluding hydrogens is 291 g/mol. The smallest absolute Gasteiger partial charge is 0.407 e. The average molecular weight is 314 g/mol. The summed E-state index contributed by atoms with van der Waals surface area (Å²) in [4.78, 5) is 11.5. The van der Waals surface area contributed by atoms with Gasteiger partial charge >= 0.3 is 6.09 Å². The van der Waals surface area contributed by atoms with Crippen LogP contribution in [0.15, 0.2) is 12.1 Å². The van der Waals surface area contributed by atoms with Gasteiger partial charge < -0.3 is 26.0 Å². The Hall–Kier alpha value is -1.86. The van der Waals surface area contributed by atoms with Gasteiger partial charge in [-0.2, -0.15) is 0 Å². The first-order valence-electron chi connectivity index (χ1n) is 6.89. The van der Waals surface area contributed by atoms with Crippen molar-refractivity contribution < 1.29 is 24.1 Å². The zero-order chi connectivity index (χ0) is 17.1. The molecule has 1 aromatic carbocycles. The molecule has 0 aliphatic heterocycles. The number of hydrogen-bond acceptors (Lipinski definition) is 5. The van der Waals surface area contributed by atoms with Crippen LogP contribution >= 0.6 is 0 Å². The Morgan fingerprint density at radius 2 is 2.00 bits per heavy atom. The molecule has 0 saturated carbocycles. The standard InChI is InChI=1S/C15H23FN2O4/c1-8-5-9(10(16)6-11(8)17)13(20)12(19)7-18-14(21)22-15(2,3)4/h5-6,12-13,19-20H,7,17H2,1-4H3,(H,18,21). The van der Waals surface area contributed by atoms with Crippen molar-refractivity contribution in [3.05, 3.63) is 29.1 Å². The first kappa shape index (κ1) is 18.2. The minimum absolute atomic E-state index is 0.0785. The highest BCUT2D eigenvalue weighted by Gasteiger charge is 2.24. The van der Waals surface area contributed by atoms with Gasteiger partial charge in [0.25, 0.3) is 0 Å². The van der Waals surface area contributed by atoms with Crippen LogP contribution in [0.5, 0.6) is 0 Å². The van der Waals surface area contributed by atoms with Gasteiger partial charge in [0, 0.05) is 17.8 Å². The lowest BCUT2D eigenvalue weighted by molar-refractivity contribution is 0.0113. The van der Waals surface area contributed by atoms with Gasteiger partial charge in [-0.05, 0) is 45.4 Å². The highest BCUT2D eigenvalue weighted by atomic mass is 19.1. The van der Waals surface area contributed by atoms with Gasteiger partial charge in [-0.15, -0.1) is 0 Å². The Labute approximate surface area is 129 Å². The van der Waals surface area contributed by atoms with E-state index in [1.54, 1.807) is 27.7 Å². The fourth-order valence-corrected chi connectivity index (χ4v) is 1.77. The summed E-state index contributed by atoms with van der Waals surface area (Å²) in [5, 5.41) is 22.2. The van der Waals surface area contributed by atoms with Crippen molar-refractivity contribution in [2.24, 2.45) is 0 Å². The first-order chi connectivity index (χ1) is 10.0. The van der Waals surface area contributed by atoms with Gasteiger partial charge in [0.05, 0.1) is 0 Å². The van der Waals surface area contributed by atoms with Crippen molar-refractivity contribution in [2.75, 3.05) is 12.3 Å². The topological polar surface area (TPSA) is 105 Å². The maximum atomic E-state index is 13.8. The third-order valence-electron chi connectivity index (χ3n) is 2.92. The number of benzene rings is 1. The van der Waals surface area contributed by atoms with E-state index in [1.807, 2.05) is 0 Å². The maximum absolute atomic E-state index is 13.8. The number of carbonyl (C=O) groups excluding carboxylic acids is 1. The number of amides is 1. The summed E-state index contributed by atoms with van der Waals surface area (Å²) in [7, 11) is 0. The van der Waals surface area contributed by atoms with Crippen LogP contribution in [0, 0.1) is 12.7 Å². The fourth-order valence-electron chi connectivity index (χ4n) is 1.77. The van der Waals surface area contributed by atoms with E-state index in [0.717, 1.165) is 6.07 Å². The van der Waals surface area contributed by atoms with Crippen LogP contribution in [0.1, 0.15) is 38.0 Å². The van der Waals surface area contributed by atoms with Crippen LogP contribution in [0.2, 0.25) is 0 Å². The number of ether oxygens (including phenoxy) is 1. The number of nitrogens with one attached hydrogen (secondary N) is 1. The van der Waals surface area contributed by atoms with E-state index in [1.165, 1.54) is 6.07 Å². The predicted octanol–water partition coefficient (Wildman–Crippen LogP) is 1.64. The number of nitrogen functional groups attached to an aromatic ring is 1. The number of nitrogens with two attached hydrogens (primary N) is 1. The number of aryl methyl sites for hydroxylation is 1. The van der Waals surface area contributed by atoms with E-state index in [2.05, 4.69) is 5.32 Å². The number of anilines is 1. The summed E-state index contributed by atoms with van der Waals surface area (Å²) in [6, 6.07) is 2.45. The van der Waals surface area contributed by atoms with Crippen LogP contribution in [-0.4, -0.2) is 34.6 Å². The van der Waals surface area contributed by atoms with E-state index in [0.29, 0.717) is 5.56 Å². The first-order valence-corrected chi connectivity index (χ1v) is 6.89. The molecule has 0 bridgehead atoms. The molecule has 1 amide bonds. The van der Waals surface area contributed by atoms with Crippen molar-refractivity contribution in [3.8, 4) is 0 Å². The van der Waals surface area contributed by atoms with Gasteiger partial charge in [-0.25, -0.2) is 9.18 Å². The summed E-state index contributed by atoms with van der Waals surface area (Å²) in [6.45, 7) is 6.48. The molecule has 0 aromatic heterocycles. The second-order valence-corrected chi connectivity index (χ2v) is 6.13. The molecule has 0 aliphatic carbocycles. The maximum Gasteiger partial charge on any atom is 0.407 e. The largest absolute Gasteiger partial charge is 0.444 e. The van der Waals surface area contributed by atoms with E-state index in [4.69, 9.17) is 10.5 Å². The SMILES string of the molecule is Cc1cc(C(O)C(O)CNC(=O)OC(C)(C)C)c(F)cc1N. The summed E-state index contributed by atoms with van der Waals surface area (Å²) in [6.07, 6.45) is -3.60. The fraction of sp³-hybridized carbons (Fsp3) is 0.533. The number of aliphatic hydroxyl groups is 2. The van der Waals surface area contributed by atoms with E-state index in [9.17, 15) is 19.4 Å². The predicted molar refractivity (Wildman–Crippen MR) is 80.8 cm³/mol. The lowest BCUT2D eigenvalue weighted by Crippen LogP contribution is -2.39. The van der Waals surface area contributed by atoms with Crippen LogP contribution in [0.4, 0.5) is 14.9 Å². The molecule has 124 valence electrons. The third-order valence-corrected chi connectivity index (χ3v) is 2.92. The minimum Gasteiger partial charge on any atom is -0.444 e. The third kappa shape index (κ3) is 5.16. The summed E-state index contributed by atoms with van der Waals surface area (Å²) >= 11 is 0. The Balaban J connectivity index is 2.68. The quantitative estimate of drug-likeness (QED) is 0.632. The van der Waals surface area contributed by atoms with Crippen LogP contribution < -0.4 is 11.1 Å². The molecule has 0 heterocycles. The highest BCUT2D eigenvalue weighted by molar-refractivity contribution is 5.67. The number of hydrogen-bond donors (Lipinski definition) is 4. The lowest BCUT2D eigenvalue weighted by atomic mass is 10.0. The average Bonchev–Trinajstić information content (AvgIpc) is 2.37. The van der Waals surface area contributed by atoms with Crippen LogP contribution in [-0.2, 0) is 4.74 Å². The van der Waals surface area contributed by atoms with Crippen molar-refractivity contribution in [2.45, 2.75) is 45.5 Å². The minimum atomic E-state index is -1.49. The molecule has 22 heavy (non-hydrogen) atoms. The van der Waals surface area contributed by atoms with Crippen LogP contribution in [0.25, 0.3) is 0 Å². The van der Waals surface area contributed by atoms with Gasteiger partial charge in [-0.3, -0.25) is 0 Å². The monoisotopic (exact) mass is 314 g/mol. The van der Waals surface area contributed by atoms with Gasteiger partial charge in [0.15, 0.2) is 0 Å². The zero-order valence-corrected chi connectivity index (χ0v) is 13.2. The Bertz CT molecular complexity index is 543. The molecular formula is C15H23FN2O4. The molecule has 1 rings (SSSR count). The molecule has 0 fully saturated rings. The molecule has 2 atom stereocenters. The summed E-state index contributed by atoms with van der Waals surface area (Å²) < 4.78 is 18.8. The van der Waals surface area contributed by atoms with Gasteiger partial charge in [-0.1, -0.05) is 0 Å². The number of rotatable bonds is 4. The molecule has 6 nitrogen and oxygen atoms in total. The van der Waals surface area contributed by atoms with E-state index in [-0.39, 0.29) is 17.8 Å². The molecule has 5 N–H and O–H groups in total. The normalized spacial score (nSPS) is 14.3. The van der Waals surface area contributed by atoms with Crippen molar-refractivity contribution >= 4 is 11.8 Å². The second-order valence-electron chi connectivity index (χ2n) is 6.13. The summed E-state index contributed by atoms with van der Waals surface area (Å²) in [5.41, 5.74) is 5.66. The van der Waals surface area contributed by atoms with Crippen LogP contribution in [0.3, 0.4) is 0 Å². The second kappa shape index (κ2) is 6.93. The Morgan fingerprint density at radius 1 is 1.41 bits per heavy atom. The number of carbonyl (C=O) groups is 1. The number of alkyl carbamates (subject to hydrolysis) is 1. The molecule has 1 aromatic rings. The van der Waals surface area contributed by atoms with Gasteiger partial charge in [0.1, 0.15) is 23.6 Å². The van der Waals surface area contributed by atoms with Gasteiger partial charge in [0.2, 0.25) is 0 Å². The van der Waals surface area contributed by atoms with Crippen molar-refractivity contribution in [1.29, 1.82) is 0 Å². The Morgan fingerprint density at radius 3 is 2.55 bits per heavy atom. The molecule has 2 unspecified atom stereocenters. The molecule has 0 aliphatic rings. The van der Waals surface area contributed by atoms with E-state index >= 15 is 0 Å². The number of aliphatic hydroxyl groups excluding tert-OH is 2. The van der Waals surface area contributed by atoms with Crippen molar-refractivity contribution in [3.63, 3.8) is 0 Å². The Kier molecular flexibility index (Phi) is 5.73. The molecule has 7 heteroatoms.